The van der Waals surface area contributed by atoms with Gasteiger partial charge in [-0.05, 0) is 9.81 Å². The van der Waals surface area contributed by atoms with E-state index >= 15 is 0 Å². The minimum Gasteiger partial charge on any atom is -0.359 e. The molecule has 10 heteroatoms. The predicted molar refractivity (Wildman–Crippen MR) is 112 cm³/mol. The van der Waals surface area contributed by atoms with Crippen molar-refractivity contribution in [3.63, 3.8) is 0 Å². The van der Waals surface area contributed by atoms with Gasteiger partial charge in [0, 0.05) is 47.6 Å². The third kappa shape index (κ3) is 4.05. The number of hydrogen-bond donors (Lipinski definition) is 0. The van der Waals surface area contributed by atoms with Gasteiger partial charge in [-0.15, -0.1) is 0 Å². The summed E-state index contributed by atoms with van der Waals surface area (Å²) in [5, 5.41) is 32.2. The summed E-state index contributed by atoms with van der Waals surface area (Å²) in [6, 6.07) is 19.0. The summed E-state index contributed by atoms with van der Waals surface area (Å²) in [6.07, 6.45) is 0. The van der Waals surface area contributed by atoms with Crippen LogP contribution in [0.15, 0.2) is 69.9 Å². The van der Waals surface area contributed by atoms with Crippen molar-refractivity contribution < 1.29 is 19.1 Å². The minimum atomic E-state index is 0.440. The number of aromatic nitrogens is 4. The van der Waals surface area contributed by atoms with Gasteiger partial charge in [-0.25, -0.2) is 0 Å². The lowest BCUT2D eigenvalue weighted by molar-refractivity contribution is -0.808. The smallest absolute Gasteiger partial charge is 0.252 e. The first-order valence-electron chi connectivity index (χ1n) is 10.4. The van der Waals surface area contributed by atoms with E-state index in [9.17, 15) is 10.4 Å². The fourth-order valence-corrected chi connectivity index (χ4v) is 3.96. The standard InChI is InChI=1S/C22H22N6O4/c29-27-19(21(23-31-27)17-7-3-1-4-8-17)15-25-11-13-26(14-12-25)16-20-22(24-32-28(20)30)18-9-5-2-6-10-18/h1-10H,11-16H2. The number of piperazine rings is 1. The van der Waals surface area contributed by atoms with Crippen LogP contribution in [-0.2, 0) is 13.1 Å². The molecule has 1 fully saturated rings. The minimum absolute atomic E-state index is 0.440. The fraction of sp³-hybridized carbons (Fsp3) is 0.273. The van der Waals surface area contributed by atoms with Crippen molar-refractivity contribution >= 4 is 0 Å². The van der Waals surface area contributed by atoms with E-state index in [-0.39, 0.29) is 0 Å². The van der Waals surface area contributed by atoms with E-state index < -0.39 is 0 Å². The summed E-state index contributed by atoms with van der Waals surface area (Å²) in [6.45, 7) is 3.84. The molecule has 0 aliphatic carbocycles. The van der Waals surface area contributed by atoms with E-state index in [1.165, 1.54) is 0 Å². The number of rotatable bonds is 6. The van der Waals surface area contributed by atoms with Crippen LogP contribution in [0.4, 0.5) is 0 Å². The molecule has 1 aliphatic rings. The molecule has 10 nitrogen and oxygen atoms in total. The molecule has 0 N–H and O–H groups in total. The summed E-state index contributed by atoms with van der Waals surface area (Å²) in [4.78, 5) is 5.33. The van der Waals surface area contributed by atoms with Gasteiger partial charge >= 0.3 is 0 Å². The summed E-state index contributed by atoms with van der Waals surface area (Å²) in [5.41, 5.74) is 3.81. The molecule has 4 aromatic rings. The second-order valence-corrected chi connectivity index (χ2v) is 7.74. The Morgan fingerprint density at radius 2 is 1.03 bits per heavy atom. The topological polar surface area (TPSA) is 112 Å². The normalized spacial score (nSPS) is 15.2. The molecule has 0 atom stereocenters. The maximum Gasteiger partial charge on any atom is 0.252 e. The van der Waals surface area contributed by atoms with Crippen LogP contribution in [-0.4, -0.2) is 46.3 Å². The third-order valence-corrected chi connectivity index (χ3v) is 5.71. The van der Waals surface area contributed by atoms with E-state index in [1.54, 1.807) is 0 Å². The highest BCUT2D eigenvalue weighted by Gasteiger charge is 2.28. The molecule has 0 bridgehead atoms. The summed E-state index contributed by atoms with van der Waals surface area (Å²) < 4.78 is 9.74. The van der Waals surface area contributed by atoms with Crippen LogP contribution in [0.1, 0.15) is 11.4 Å². The van der Waals surface area contributed by atoms with Crippen LogP contribution in [0.2, 0.25) is 0 Å². The Bertz CT molecular complexity index is 1080. The highest BCUT2D eigenvalue weighted by atomic mass is 16.8. The van der Waals surface area contributed by atoms with Crippen LogP contribution < -0.4 is 9.81 Å². The van der Waals surface area contributed by atoms with E-state index in [2.05, 4.69) is 20.1 Å². The van der Waals surface area contributed by atoms with Gasteiger partial charge in [0.2, 0.25) is 11.4 Å². The average Bonchev–Trinajstić information content (AvgIpc) is 3.38. The molecule has 2 aromatic carbocycles. The third-order valence-electron chi connectivity index (χ3n) is 5.71. The molecule has 0 radical (unpaired) electrons. The molecule has 1 aliphatic heterocycles. The van der Waals surface area contributed by atoms with Gasteiger partial charge < -0.3 is 10.4 Å². The van der Waals surface area contributed by atoms with Gasteiger partial charge in [0.25, 0.3) is 11.4 Å². The maximum atomic E-state index is 12.2. The van der Waals surface area contributed by atoms with Crippen molar-refractivity contribution in [3.05, 3.63) is 82.5 Å². The Labute approximate surface area is 183 Å². The molecule has 3 heterocycles. The molecule has 0 amide bonds. The van der Waals surface area contributed by atoms with E-state index in [4.69, 9.17) is 9.26 Å². The van der Waals surface area contributed by atoms with Crippen molar-refractivity contribution in [3.8, 4) is 22.5 Å². The first-order valence-corrected chi connectivity index (χ1v) is 10.4. The molecule has 164 valence electrons. The number of hydrogen-bond acceptors (Lipinski definition) is 8. The van der Waals surface area contributed by atoms with Gasteiger partial charge in [-0.3, -0.25) is 19.1 Å². The second-order valence-electron chi connectivity index (χ2n) is 7.74. The molecule has 0 unspecified atom stereocenters. The lowest BCUT2D eigenvalue weighted by atomic mass is 10.1. The highest BCUT2D eigenvalue weighted by Crippen LogP contribution is 2.22. The molecular weight excluding hydrogens is 412 g/mol. The molecule has 2 aromatic heterocycles. The zero-order valence-corrected chi connectivity index (χ0v) is 17.3. The van der Waals surface area contributed by atoms with E-state index in [1.807, 2.05) is 60.7 Å². The Morgan fingerprint density at radius 1 is 0.656 bits per heavy atom. The Kier molecular flexibility index (Phi) is 5.53. The highest BCUT2D eigenvalue weighted by molar-refractivity contribution is 5.60. The Hall–Kier alpha value is -3.76. The lowest BCUT2D eigenvalue weighted by Crippen LogP contribution is -2.48. The van der Waals surface area contributed by atoms with Crippen LogP contribution in [0.5, 0.6) is 0 Å². The molecule has 1 saturated heterocycles. The molecular formula is C22H22N6O4. The largest absolute Gasteiger partial charge is 0.359 e. The zero-order chi connectivity index (χ0) is 21.9. The lowest BCUT2D eigenvalue weighted by Gasteiger charge is -2.33. The Balaban J connectivity index is 1.24. The predicted octanol–water partition coefficient (Wildman–Crippen LogP) is 1.58. The van der Waals surface area contributed by atoms with Crippen molar-refractivity contribution in [2.75, 3.05) is 26.2 Å². The van der Waals surface area contributed by atoms with Crippen LogP contribution in [0, 0.1) is 10.4 Å². The molecule has 32 heavy (non-hydrogen) atoms. The van der Waals surface area contributed by atoms with Crippen LogP contribution >= 0.6 is 0 Å². The summed E-state index contributed by atoms with van der Waals surface area (Å²) >= 11 is 0. The van der Waals surface area contributed by atoms with Gasteiger partial charge in [0.05, 0.1) is 13.1 Å². The fourth-order valence-electron chi connectivity index (χ4n) is 3.96. The quantitative estimate of drug-likeness (QED) is 0.421. The van der Waals surface area contributed by atoms with Gasteiger partial charge in [-0.2, -0.15) is 0 Å². The maximum absolute atomic E-state index is 12.2. The molecule has 0 spiro atoms. The Morgan fingerprint density at radius 3 is 1.41 bits per heavy atom. The van der Waals surface area contributed by atoms with Crippen molar-refractivity contribution in [1.82, 2.24) is 20.1 Å². The van der Waals surface area contributed by atoms with Crippen molar-refractivity contribution in [2.45, 2.75) is 13.1 Å². The average molecular weight is 434 g/mol. The van der Waals surface area contributed by atoms with Crippen LogP contribution in [0.3, 0.4) is 0 Å². The van der Waals surface area contributed by atoms with Crippen LogP contribution in [0.25, 0.3) is 22.5 Å². The van der Waals surface area contributed by atoms with E-state index in [0.717, 1.165) is 37.3 Å². The number of nitrogens with zero attached hydrogens (tertiary/aromatic N) is 6. The monoisotopic (exact) mass is 434 g/mol. The van der Waals surface area contributed by atoms with Crippen molar-refractivity contribution in [2.24, 2.45) is 0 Å². The zero-order valence-electron chi connectivity index (χ0n) is 17.3. The van der Waals surface area contributed by atoms with Gasteiger partial charge in [0.1, 0.15) is 0 Å². The summed E-state index contributed by atoms with van der Waals surface area (Å²) in [5.74, 6) is 0. The first-order chi connectivity index (χ1) is 15.7. The summed E-state index contributed by atoms with van der Waals surface area (Å²) in [7, 11) is 0. The SMILES string of the molecule is [O-][n+]1onc(-c2ccccc2)c1CN1CCN(Cc2c(-c3ccccc3)no[n+]2[O-])CC1. The molecule has 0 saturated carbocycles. The van der Waals surface area contributed by atoms with Crippen molar-refractivity contribution in [1.29, 1.82) is 0 Å². The van der Waals surface area contributed by atoms with E-state index in [0.29, 0.717) is 45.7 Å². The van der Waals surface area contributed by atoms with Gasteiger partial charge in [0.15, 0.2) is 0 Å². The molecule has 5 rings (SSSR count). The number of benzene rings is 2. The first kappa shape index (κ1) is 20.2. The van der Waals surface area contributed by atoms with Gasteiger partial charge in [-0.1, -0.05) is 60.7 Å². The second kappa shape index (κ2) is 8.77.